The standard InChI is InChI=1S/C21H26N2O3/c1-15-12-13-16(23(25)26)14-19(15)22-21(24)20-17-10-8-6-4-2-3-5-7-9-11-18(17)20/h4-7,12-14,17-18,20H,2-3,8-11H2,1H3,(H,22,24)/b6-4-,7-5+/t17-,18-,20?/m0/s1. The van der Waals surface area contributed by atoms with Crippen molar-refractivity contribution in [2.45, 2.75) is 45.4 Å². The molecule has 5 nitrogen and oxygen atoms in total. The van der Waals surface area contributed by atoms with E-state index in [9.17, 15) is 14.9 Å². The van der Waals surface area contributed by atoms with Gasteiger partial charge in [-0.15, -0.1) is 0 Å². The molecule has 1 N–H and O–H groups in total. The van der Waals surface area contributed by atoms with Crippen molar-refractivity contribution in [3.63, 3.8) is 0 Å². The molecule has 26 heavy (non-hydrogen) atoms. The average Bonchev–Trinajstić information content (AvgIpc) is 3.29. The molecule has 0 heterocycles. The van der Waals surface area contributed by atoms with Gasteiger partial charge in [0.2, 0.25) is 5.91 Å². The number of non-ortho nitro benzene ring substituents is 1. The van der Waals surface area contributed by atoms with Crippen LogP contribution >= 0.6 is 0 Å². The smallest absolute Gasteiger partial charge is 0.271 e. The van der Waals surface area contributed by atoms with E-state index in [1.54, 1.807) is 6.07 Å². The monoisotopic (exact) mass is 354 g/mol. The maximum atomic E-state index is 12.8. The lowest BCUT2D eigenvalue weighted by atomic mass is 10.1. The number of hydrogen-bond donors (Lipinski definition) is 1. The van der Waals surface area contributed by atoms with Crippen LogP contribution < -0.4 is 5.32 Å². The van der Waals surface area contributed by atoms with Gasteiger partial charge in [-0.25, -0.2) is 0 Å². The topological polar surface area (TPSA) is 72.2 Å². The summed E-state index contributed by atoms with van der Waals surface area (Å²) < 4.78 is 0. The summed E-state index contributed by atoms with van der Waals surface area (Å²) in [5.74, 6) is 0.876. The average molecular weight is 354 g/mol. The Bertz CT molecular complexity index is 715. The second-order valence-electron chi connectivity index (χ2n) is 7.27. The van der Waals surface area contributed by atoms with E-state index in [1.807, 2.05) is 6.92 Å². The van der Waals surface area contributed by atoms with E-state index in [1.165, 1.54) is 12.1 Å². The van der Waals surface area contributed by atoms with Gasteiger partial charge in [0, 0.05) is 18.1 Å². The van der Waals surface area contributed by atoms with Crippen molar-refractivity contribution in [1.82, 2.24) is 0 Å². The molecule has 3 atom stereocenters. The van der Waals surface area contributed by atoms with Crippen molar-refractivity contribution in [1.29, 1.82) is 0 Å². The maximum Gasteiger partial charge on any atom is 0.271 e. The molecule has 1 saturated carbocycles. The molecule has 1 aromatic carbocycles. The Hall–Kier alpha value is -2.43. The molecule has 3 rings (SSSR count). The molecule has 138 valence electrons. The minimum Gasteiger partial charge on any atom is -0.325 e. The van der Waals surface area contributed by atoms with Crippen LogP contribution in [-0.4, -0.2) is 10.8 Å². The second kappa shape index (κ2) is 8.30. The lowest BCUT2D eigenvalue weighted by Gasteiger charge is -2.08. The predicted octanol–water partition coefficient (Wildman–Crippen LogP) is 5.17. The predicted molar refractivity (Wildman–Crippen MR) is 103 cm³/mol. The van der Waals surface area contributed by atoms with E-state index in [-0.39, 0.29) is 17.5 Å². The van der Waals surface area contributed by atoms with Crippen molar-refractivity contribution in [3.8, 4) is 0 Å². The third-order valence-electron chi connectivity index (χ3n) is 5.49. The number of nitro benzene ring substituents is 1. The number of amides is 1. The van der Waals surface area contributed by atoms with Crippen molar-refractivity contribution < 1.29 is 9.72 Å². The number of carbonyl (C=O) groups excluding carboxylic acids is 1. The third-order valence-corrected chi connectivity index (χ3v) is 5.49. The number of rotatable bonds is 3. The summed E-state index contributed by atoms with van der Waals surface area (Å²) in [7, 11) is 0. The fourth-order valence-electron chi connectivity index (χ4n) is 3.94. The highest BCUT2D eigenvalue weighted by molar-refractivity contribution is 5.95. The highest BCUT2D eigenvalue weighted by Gasteiger charge is 2.52. The first-order valence-electron chi connectivity index (χ1n) is 9.44. The molecular weight excluding hydrogens is 328 g/mol. The van der Waals surface area contributed by atoms with E-state index in [4.69, 9.17) is 0 Å². The lowest BCUT2D eigenvalue weighted by molar-refractivity contribution is -0.384. The first-order valence-corrected chi connectivity index (χ1v) is 9.44. The molecule has 0 saturated heterocycles. The van der Waals surface area contributed by atoms with Crippen LogP contribution in [0.25, 0.3) is 0 Å². The number of aryl methyl sites for hydroxylation is 1. The first kappa shape index (κ1) is 18.4. The lowest BCUT2D eigenvalue weighted by Crippen LogP contribution is -2.16. The summed E-state index contributed by atoms with van der Waals surface area (Å²) in [6.45, 7) is 1.85. The van der Waals surface area contributed by atoms with Crippen LogP contribution in [0.5, 0.6) is 0 Å². The molecule has 0 aliphatic heterocycles. The number of benzene rings is 1. The second-order valence-corrected chi connectivity index (χ2v) is 7.27. The molecule has 0 spiro atoms. The quantitative estimate of drug-likeness (QED) is 0.462. The van der Waals surface area contributed by atoms with Gasteiger partial charge in [0.25, 0.3) is 5.69 Å². The fourth-order valence-corrected chi connectivity index (χ4v) is 3.94. The van der Waals surface area contributed by atoms with Gasteiger partial charge in [-0.2, -0.15) is 0 Å². The summed E-state index contributed by atoms with van der Waals surface area (Å²) in [4.78, 5) is 23.3. The minimum absolute atomic E-state index is 0.00321. The SMILES string of the molecule is Cc1ccc([N+](=O)[O-])cc1NC(=O)C1[C@H]2CC/C=C\CC/C=C/CC[C@H]12. The number of nitro groups is 1. The van der Waals surface area contributed by atoms with Gasteiger partial charge in [0.05, 0.1) is 10.6 Å². The Labute approximate surface area is 154 Å². The van der Waals surface area contributed by atoms with Crippen molar-refractivity contribution in [2.75, 3.05) is 5.32 Å². The highest BCUT2D eigenvalue weighted by Crippen LogP contribution is 2.52. The zero-order valence-electron chi connectivity index (χ0n) is 15.2. The Morgan fingerprint density at radius 2 is 1.62 bits per heavy atom. The van der Waals surface area contributed by atoms with Crippen LogP contribution in [0.1, 0.15) is 44.1 Å². The Balaban J connectivity index is 1.68. The fraction of sp³-hybridized carbons (Fsp3) is 0.476. The largest absolute Gasteiger partial charge is 0.325 e. The van der Waals surface area contributed by atoms with Gasteiger partial charge in [-0.1, -0.05) is 30.4 Å². The van der Waals surface area contributed by atoms with Crippen LogP contribution in [0.3, 0.4) is 0 Å². The van der Waals surface area contributed by atoms with E-state index in [0.717, 1.165) is 44.1 Å². The van der Waals surface area contributed by atoms with E-state index in [2.05, 4.69) is 29.6 Å². The van der Waals surface area contributed by atoms with Crippen LogP contribution in [0, 0.1) is 34.8 Å². The molecule has 0 bridgehead atoms. The molecular formula is C21H26N2O3. The van der Waals surface area contributed by atoms with Gasteiger partial charge in [0.1, 0.15) is 0 Å². The molecule has 1 unspecified atom stereocenters. The number of anilines is 1. The number of allylic oxidation sites excluding steroid dienone is 4. The Morgan fingerprint density at radius 3 is 2.19 bits per heavy atom. The summed E-state index contributed by atoms with van der Waals surface area (Å²) in [5.41, 5.74) is 1.39. The molecule has 1 aromatic rings. The molecule has 2 aliphatic rings. The molecule has 5 heteroatoms. The van der Waals surface area contributed by atoms with Crippen LogP contribution in [0.2, 0.25) is 0 Å². The van der Waals surface area contributed by atoms with Crippen LogP contribution in [0.4, 0.5) is 11.4 Å². The molecule has 0 aromatic heterocycles. The zero-order chi connectivity index (χ0) is 18.5. The summed E-state index contributed by atoms with van der Waals surface area (Å²) in [6, 6.07) is 4.60. The van der Waals surface area contributed by atoms with E-state index >= 15 is 0 Å². The van der Waals surface area contributed by atoms with E-state index in [0.29, 0.717) is 17.5 Å². The molecule has 1 fully saturated rings. The maximum absolute atomic E-state index is 12.8. The van der Waals surface area contributed by atoms with Gasteiger partial charge in [-0.3, -0.25) is 14.9 Å². The Morgan fingerprint density at radius 1 is 1.04 bits per heavy atom. The van der Waals surface area contributed by atoms with E-state index < -0.39 is 4.92 Å². The van der Waals surface area contributed by atoms with Crippen LogP contribution in [-0.2, 0) is 4.79 Å². The minimum atomic E-state index is -0.433. The van der Waals surface area contributed by atoms with Crippen molar-refractivity contribution in [2.24, 2.45) is 17.8 Å². The van der Waals surface area contributed by atoms with Gasteiger partial charge >= 0.3 is 0 Å². The van der Waals surface area contributed by atoms with Gasteiger partial charge in [-0.05, 0) is 62.8 Å². The first-order chi connectivity index (χ1) is 12.6. The summed E-state index contributed by atoms with van der Waals surface area (Å²) >= 11 is 0. The molecule has 2 aliphatic carbocycles. The summed E-state index contributed by atoms with van der Waals surface area (Å²) in [6.07, 6.45) is 15.2. The number of nitrogens with one attached hydrogen (secondary N) is 1. The third kappa shape index (κ3) is 4.40. The van der Waals surface area contributed by atoms with Gasteiger partial charge in [0.15, 0.2) is 0 Å². The molecule has 0 radical (unpaired) electrons. The number of carbonyl (C=O) groups is 1. The number of fused-ring (bicyclic) bond motifs is 1. The highest BCUT2D eigenvalue weighted by atomic mass is 16.6. The normalized spacial score (nSPS) is 28.0. The number of hydrogen-bond acceptors (Lipinski definition) is 3. The zero-order valence-corrected chi connectivity index (χ0v) is 15.2. The van der Waals surface area contributed by atoms with Crippen molar-refractivity contribution >= 4 is 17.3 Å². The Kier molecular flexibility index (Phi) is 5.86. The number of nitrogens with zero attached hydrogens (tertiary/aromatic N) is 1. The van der Waals surface area contributed by atoms with Gasteiger partial charge < -0.3 is 5.32 Å². The summed E-state index contributed by atoms with van der Waals surface area (Å²) in [5, 5.41) is 13.9. The molecule has 1 amide bonds. The van der Waals surface area contributed by atoms with Crippen molar-refractivity contribution in [3.05, 3.63) is 58.2 Å². The van der Waals surface area contributed by atoms with Crippen LogP contribution in [0.15, 0.2) is 42.5 Å².